The van der Waals surface area contributed by atoms with Gasteiger partial charge in [-0.25, -0.2) is 9.37 Å². The number of fused-ring (bicyclic) bond motifs is 1. The molecule has 1 amide bonds. The van der Waals surface area contributed by atoms with Crippen molar-refractivity contribution in [3.05, 3.63) is 76.5 Å². The number of carbonyl (C=O) groups is 1. The van der Waals surface area contributed by atoms with Crippen LogP contribution in [-0.4, -0.2) is 51.9 Å². The summed E-state index contributed by atoms with van der Waals surface area (Å²) in [5, 5.41) is 3.26. The van der Waals surface area contributed by atoms with E-state index in [0.29, 0.717) is 34.5 Å². The number of benzene rings is 2. The fraction of sp³-hybridized carbons (Fsp3) is 0.240. The predicted octanol–water partition coefficient (Wildman–Crippen LogP) is 3.80. The Balaban J connectivity index is 1.50. The summed E-state index contributed by atoms with van der Waals surface area (Å²) < 4.78 is 14.2. The van der Waals surface area contributed by atoms with Crippen molar-refractivity contribution < 1.29 is 9.18 Å². The van der Waals surface area contributed by atoms with Gasteiger partial charge in [0.15, 0.2) is 0 Å². The first-order valence-corrected chi connectivity index (χ1v) is 11.0. The van der Waals surface area contributed by atoms with Gasteiger partial charge in [0, 0.05) is 24.0 Å². The third-order valence-electron chi connectivity index (χ3n) is 5.73. The molecule has 2 aromatic heterocycles. The molecule has 0 aliphatic carbocycles. The Labute approximate surface area is 190 Å². The highest BCUT2D eigenvalue weighted by atomic mass is 19.1. The number of imidazole rings is 1. The predicted molar refractivity (Wildman–Crippen MR) is 128 cm³/mol. The quantitative estimate of drug-likeness (QED) is 0.383. The molecular weight excluding hydrogens is 421 g/mol. The number of carbonyl (C=O) groups excluding carboxylic acids is 1. The summed E-state index contributed by atoms with van der Waals surface area (Å²) in [5.74, 6) is -0.193. The van der Waals surface area contributed by atoms with Crippen LogP contribution in [0.1, 0.15) is 24.2 Å². The molecule has 2 heterocycles. The van der Waals surface area contributed by atoms with E-state index >= 15 is 0 Å². The van der Waals surface area contributed by atoms with Gasteiger partial charge in [0.1, 0.15) is 11.6 Å². The number of hydrogen-bond donors (Lipinski definition) is 3. The molecule has 0 aliphatic heterocycles. The highest BCUT2D eigenvalue weighted by Gasteiger charge is 2.13. The number of pyridine rings is 1. The number of nitrogens with zero attached hydrogens (tertiary/aromatic N) is 2. The summed E-state index contributed by atoms with van der Waals surface area (Å²) >= 11 is 0. The highest BCUT2D eigenvalue weighted by Crippen LogP contribution is 2.23. The molecule has 7 nitrogen and oxygen atoms in total. The average Bonchev–Trinajstić information content (AvgIpc) is 3.32. The number of halogens is 1. The van der Waals surface area contributed by atoms with Crippen molar-refractivity contribution in [1.82, 2.24) is 25.2 Å². The first kappa shape index (κ1) is 22.4. The van der Waals surface area contributed by atoms with Gasteiger partial charge in [-0.05, 0) is 49.0 Å². The summed E-state index contributed by atoms with van der Waals surface area (Å²) in [5.41, 5.74) is 2.40. The molecular formula is C25H26FN5O2. The molecule has 4 rings (SSSR count). The van der Waals surface area contributed by atoms with Gasteiger partial charge in [-0.2, -0.15) is 0 Å². The van der Waals surface area contributed by atoms with Crippen LogP contribution in [0.3, 0.4) is 0 Å². The normalized spacial score (nSPS) is 11.3. The Hall–Kier alpha value is -3.78. The van der Waals surface area contributed by atoms with E-state index in [0.717, 1.165) is 25.2 Å². The molecule has 33 heavy (non-hydrogen) atoms. The summed E-state index contributed by atoms with van der Waals surface area (Å²) in [6.07, 6.45) is 1.61. The molecule has 0 saturated heterocycles. The molecule has 0 fully saturated rings. The number of likely N-dealkylation sites (N-methyl/N-ethyl adjacent to an activating group) is 1. The molecule has 0 spiro atoms. The van der Waals surface area contributed by atoms with E-state index in [-0.39, 0.29) is 17.0 Å². The molecule has 3 N–H and O–H groups in total. The van der Waals surface area contributed by atoms with E-state index in [9.17, 15) is 14.0 Å². The average molecular weight is 448 g/mol. The van der Waals surface area contributed by atoms with E-state index in [2.05, 4.69) is 39.0 Å². The molecule has 2 aromatic carbocycles. The molecule has 170 valence electrons. The minimum atomic E-state index is -0.414. The van der Waals surface area contributed by atoms with Crippen LogP contribution in [0.25, 0.3) is 33.5 Å². The minimum Gasteiger partial charge on any atom is -0.351 e. The SMILES string of the molecule is CCN(CC)CCNC(=O)c1ccc(-c2cnc(-c3cc4c(F)cccc4[nH]c3=O)[nH]2)cc1. The van der Waals surface area contributed by atoms with E-state index in [1.807, 2.05) is 12.1 Å². The summed E-state index contributed by atoms with van der Waals surface area (Å²) in [6.45, 7) is 7.50. The number of amides is 1. The van der Waals surface area contributed by atoms with Gasteiger partial charge in [-0.1, -0.05) is 32.0 Å². The van der Waals surface area contributed by atoms with Crippen molar-refractivity contribution in [2.75, 3.05) is 26.2 Å². The Morgan fingerprint density at radius 2 is 1.85 bits per heavy atom. The van der Waals surface area contributed by atoms with Crippen molar-refractivity contribution in [2.24, 2.45) is 0 Å². The van der Waals surface area contributed by atoms with Crippen LogP contribution >= 0.6 is 0 Å². The second-order valence-corrected chi connectivity index (χ2v) is 7.72. The standard InChI is InChI=1S/C25H26FN5O2/c1-3-31(4-2)13-12-27-24(32)17-10-8-16(9-11-17)22-15-28-23(29-22)19-14-18-20(26)6-5-7-21(18)30-25(19)33/h5-11,14-15H,3-4,12-13H2,1-2H3,(H,27,32)(H,28,29)(H,30,33). The molecule has 0 saturated carbocycles. The number of nitrogens with one attached hydrogen (secondary N) is 3. The molecule has 0 unspecified atom stereocenters. The lowest BCUT2D eigenvalue weighted by Crippen LogP contribution is -2.34. The topological polar surface area (TPSA) is 93.9 Å². The second-order valence-electron chi connectivity index (χ2n) is 7.72. The van der Waals surface area contributed by atoms with E-state index in [1.165, 1.54) is 12.1 Å². The summed E-state index contributed by atoms with van der Waals surface area (Å²) in [4.78, 5) is 37.3. The molecule has 4 aromatic rings. The number of aromatic amines is 2. The maximum Gasteiger partial charge on any atom is 0.259 e. The highest BCUT2D eigenvalue weighted by molar-refractivity contribution is 5.94. The van der Waals surface area contributed by atoms with Crippen LogP contribution in [-0.2, 0) is 0 Å². The smallest absolute Gasteiger partial charge is 0.259 e. The van der Waals surface area contributed by atoms with Gasteiger partial charge in [0.05, 0.1) is 23.0 Å². The van der Waals surface area contributed by atoms with Crippen molar-refractivity contribution >= 4 is 16.8 Å². The number of aromatic nitrogens is 3. The van der Waals surface area contributed by atoms with Crippen LogP contribution in [0.15, 0.2) is 59.5 Å². The Bertz CT molecular complexity index is 1320. The van der Waals surface area contributed by atoms with Crippen molar-refractivity contribution in [1.29, 1.82) is 0 Å². The van der Waals surface area contributed by atoms with Crippen LogP contribution in [0.5, 0.6) is 0 Å². The summed E-state index contributed by atoms with van der Waals surface area (Å²) in [6, 6.07) is 13.2. The second kappa shape index (κ2) is 9.79. The lowest BCUT2D eigenvalue weighted by Gasteiger charge is -2.17. The Morgan fingerprint density at radius 3 is 2.58 bits per heavy atom. The third kappa shape index (κ3) is 4.85. The van der Waals surface area contributed by atoms with Gasteiger partial charge >= 0.3 is 0 Å². The fourth-order valence-electron chi connectivity index (χ4n) is 3.74. The molecule has 0 bridgehead atoms. The van der Waals surface area contributed by atoms with Crippen LogP contribution in [0, 0.1) is 5.82 Å². The van der Waals surface area contributed by atoms with Gasteiger partial charge in [-0.15, -0.1) is 0 Å². The minimum absolute atomic E-state index is 0.122. The Morgan fingerprint density at radius 1 is 1.09 bits per heavy atom. The number of H-pyrrole nitrogens is 2. The summed E-state index contributed by atoms with van der Waals surface area (Å²) in [7, 11) is 0. The first-order valence-electron chi connectivity index (χ1n) is 11.0. The van der Waals surface area contributed by atoms with Crippen LogP contribution in [0.2, 0.25) is 0 Å². The zero-order chi connectivity index (χ0) is 23.4. The molecule has 0 atom stereocenters. The maximum absolute atomic E-state index is 14.2. The van der Waals surface area contributed by atoms with Crippen molar-refractivity contribution in [2.45, 2.75) is 13.8 Å². The lowest BCUT2D eigenvalue weighted by molar-refractivity contribution is 0.0949. The maximum atomic E-state index is 14.2. The Kier molecular flexibility index (Phi) is 6.65. The first-order chi connectivity index (χ1) is 16.0. The van der Waals surface area contributed by atoms with Crippen molar-refractivity contribution in [3.8, 4) is 22.6 Å². The van der Waals surface area contributed by atoms with Gasteiger partial charge in [0.25, 0.3) is 11.5 Å². The van der Waals surface area contributed by atoms with E-state index < -0.39 is 5.82 Å². The van der Waals surface area contributed by atoms with E-state index in [1.54, 1.807) is 30.5 Å². The molecule has 8 heteroatoms. The zero-order valence-electron chi connectivity index (χ0n) is 18.6. The van der Waals surface area contributed by atoms with Gasteiger partial charge in [0.2, 0.25) is 0 Å². The number of hydrogen-bond acceptors (Lipinski definition) is 4. The zero-order valence-corrected chi connectivity index (χ0v) is 18.6. The molecule has 0 radical (unpaired) electrons. The van der Waals surface area contributed by atoms with E-state index in [4.69, 9.17) is 0 Å². The monoisotopic (exact) mass is 447 g/mol. The third-order valence-corrected chi connectivity index (χ3v) is 5.73. The van der Waals surface area contributed by atoms with Crippen LogP contribution < -0.4 is 10.9 Å². The van der Waals surface area contributed by atoms with Gasteiger partial charge in [-0.3, -0.25) is 9.59 Å². The molecule has 0 aliphatic rings. The van der Waals surface area contributed by atoms with Gasteiger partial charge < -0.3 is 20.2 Å². The number of rotatable bonds is 8. The lowest BCUT2D eigenvalue weighted by atomic mass is 10.1. The van der Waals surface area contributed by atoms with Crippen molar-refractivity contribution in [3.63, 3.8) is 0 Å². The fourth-order valence-corrected chi connectivity index (χ4v) is 3.74. The largest absolute Gasteiger partial charge is 0.351 e. The van der Waals surface area contributed by atoms with Crippen LogP contribution in [0.4, 0.5) is 4.39 Å².